The lowest BCUT2D eigenvalue weighted by Crippen LogP contribution is -2.23. The summed E-state index contributed by atoms with van der Waals surface area (Å²) in [5, 5.41) is 4.63. The SMILES string of the molecule is Cc1ccc2c(c1)c1cc(C(=O)NCc3cnccn3)ccc1n2-c1ccc(OC(F)(F)F)cc1. The number of nitrogens with one attached hydrogen (secondary N) is 1. The van der Waals surface area contributed by atoms with Gasteiger partial charge in [-0.2, -0.15) is 0 Å². The minimum Gasteiger partial charge on any atom is -0.406 e. The zero-order chi connectivity index (χ0) is 24.6. The fourth-order valence-electron chi connectivity index (χ4n) is 4.05. The van der Waals surface area contributed by atoms with E-state index < -0.39 is 6.36 Å². The molecule has 0 spiro atoms. The number of amides is 1. The Labute approximate surface area is 198 Å². The molecule has 0 aliphatic rings. The van der Waals surface area contributed by atoms with Crippen molar-refractivity contribution in [3.05, 3.63) is 96.1 Å². The lowest BCUT2D eigenvalue weighted by Gasteiger charge is -2.11. The van der Waals surface area contributed by atoms with Crippen LogP contribution in [0.2, 0.25) is 0 Å². The summed E-state index contributed by atoms with van der Waals surface area (Å²) < 4.78 is 43.6. The van der Waals surface area contributed by atoms with Crippen LogP contribution in [0, 0.1) is 6.92 Å². The van der Waals surface area contributed by atoms with E-state index >= 15 is 0 Å². The third kappa shape index (κ3) is 4.65. The largest absolute Gasteiger partial charge is 0.573 e. The van der Waals surface area contributed by atoms with Gasteiger partial charge in [0.05, 0.1) is 29.5 Å². The van der Waals surface area contributed by atoms with Crippen molar-refractivity contribution < 1.29 is 22.7 Å². The van der Waals surface area contributed by atoms with E-state index in [0.29, 0.717) is 16.9 Å². The third-order valence-corrected chi connectivity index (χ3v) is 5.56. The zero-order valence-electron chi connectivity index (χ0n) is 18.5. The summed E-state index contributed by atoms with van der Waals surface area (Å²) in [5.41, 5.74) is 4.53. The number of rotatable bonds is 5. The molecular weight excluding hydrogens is 457 g/mol. The number of alkyl halides is 3. The van der Waals surface area contributed by atoms with Gasteiger partial charge >= 0.3 is 6.36 Å². The molecule has 0 saturated heterocycles. The Morgan fingerprint density at radius 1 is 0.971 bits per heavy atom. The van der Waals surface area contributed by atoms with Crippen molar-refractivity contribution >= 4 is 27.7 Å². The lowest BCUT2D eigenvalue weighted by molar-refractivity contribution is -0.274. The number of halogens is 3. The molecule has 35 heavy (non-hydrogen) atoms. The third-order valence-electron chi connectivity index (χ3n) is 5.56. The second-order valence-corrected chi connectivity index (χ2v) is 8.01. The Hall–Kier alpha value is -4.40. The fourth-order valence-corrected chi connectivity index (χ4v) is 4.05. The topological polar surface area (TPSA) is 69.0 Å². The Morgan fingerprint density at radius 3 is 2.37 bits per heavy atom. The number of nitrogens with zero attached hydrogens (tertiary/aromatic N) is 3. The van der Waals surface area contributed by atoms with E-state index in [1.807, 2.05) is 41.8 Å². The van der Waals surface area contributed by atoms with Gasteiger partial charge in [0.15, 0.2) is 0 Å². The first kappa shape index (κ1) is 22.4. The van der Waals surface area contributed by atoms with E-state index in [4.69, 9.17) is 0 Å². The number of fused-ring (bicyclic) bond motifs is 3. The first-order valence-corrected chi connectivity index (χ1v) is 10.7. The van der Waals surface area contributed by atoms with Crippen molar-refractivity contribution in [3.8, 4) is 11.4 Å². The molecule has 6 nitrogen and oxygen atoms in total. The van der Waals surface area contributed by atoms with Crippen LogP contribution in [0.15, 0.2) is 79.3 Å². The minimum atomic E-state index is -4.75. The highest BCUT2D eigenvalue weighted by Gasteiger charge is 2.31. The quantitative estimate of drug-likeness (QED) is 0.353. The smallest absolute Gasteiger partial charge is 0.406 e. The number of benzene rings is 3. The second-order valence-electron chi connectivity index (χ2n) is 8.01. The van der Waals surface area contributed by atoms with Crippen molar-refractivity contribution in [2.75, 3.05) is 0 Å². The molecule has 0 aliphatic heterocycles. The van der Waals surface area contributed by atoms with Crippen molar-refractivity contribution in [1.82, 2.24) is 19.9 Å². The number of aromatic nitrogens is 3. The van der Waals surface area contributed by atoms with Crippen LogP contribution in [-0.4, -0.2) is 26.8 Å². The average Bonchev–Trinajstić information content (AvgIpc) is 3.15. The summed E-state index contributed by atoms with van der Waals surface area (Å²) in [4.78, 5) is 21.0. The summed E-state index contributed by atoms with van der Waals surface area (Å²) in [6.45, 7) is 2.22. The Balaban J connectivity index is 1.54. The van der Waals surface area contributed by atoms with Crippen LogP contribution in [0.25, 0.3) is 27.5 Å². The fraction of sp³-hybridized carbons (Fsp3) is 0.115. The summed E-state index contributed by atoms with van der Waals surface area (Å²) in [5.74, 6) is -0.542. The number of ether oxygens (including phenoxy) is 1. The Kier molecular flexibility index (Phi) is 5.60. The average molecular weight is 476 g/mol. The van der Waals surface area contributed by atoms with Gasteiger partial charge in [0.25, 0.3) is 5.91 Å². The van der Waals surface area contributed by atoms with E-state index in [1.54, 1.807) is 36.8 Å². The van der Waals surface area contributed by atoms with Crippen LogP contribution < -0.4 is 10.1 Å². The van der Waals surface area contributed by atoms with Gasteiger partial charge < -0.3 is 14.6 Å². The molecular formula is C26H19F3N4O2. The first-order valence-electron chi connectivity index (χ1n) is 10.7. The highest BCUT2D eigenvalue weighted by Crippen LogP contribution is 2.34. The Morgan fingerprint density at radius 2 is 1.69 bits per heavy atom. The molecule has 0 aliphatic carbocycles. The van der Waals surface area contributed by atoms with Gasteiger partial charge in [-0.05, 0) is 61.5 Å². The first-order chi connectivity index (χ1) is 16.8. The number of aryl methyl sites for hydroxylation is 1. The monoisotopic (exact) mass is 476 g/mol. The normalized spacial score (nSPS) is 11.7. The molecule has 5 rings (SSSR count). The standard InChI is InChI=1S/C26H19F3N4O2/c1-16-2-8-23-21(12-16)22-13-17(25(34)32-15-18-14-30-10-11-31-18)3-9-24(22)33(23)19-4-6-20(7-5-19)35-26(27,28)29/h2-14H,15H2,1H3,(H,32,34). The highest BCUT2D eigenvalue weighted by molar-refractivity contribution is 6.11. The molecule has 176 valence electrons. The molecule has 0 saturated carbocycles. The predicted molar refractivity (Wildman–Crippen MR) is 125 cm³/mol. The zero-order valence-corrected chi connectivity index (χ0v) is 18.5. The summed E-state index contributed by atoms with van der Waals surface area (Å²) in [6.07, 6.45) is -0.0404. The molecule has 0 radical (unpaired) electrons. The maximum Gasteiger partial charge on any atom is 0.573 e. The van der Waals surface area contributed by atoms with E-state index in [9.17, 15) is 18.0 Å². The van der Waals surface area contributed by atoms with Crippen LogP contribution >= 0.6 is 0 Å². The van der Waals surface area contributed by atoms with Crippen LogP contribution in [0.3, 0.4) is 0 Å². The molecule has 0 fully saturated rings. The lowest BCUT2D eigenvalue weighted by atomic mass is 10.1. The summed E-state index contributed by atoms with van der Waals surface area (Å²) in [6, 6.07) is 17.0. The minimum absolute atomic E-state index is 0.248. The predicted octanol–water partition coefficient (Wildman–Crippen LogP) is 5.71. The van der Waals surface area contributed by atoms with E-state index in [0.717, 1.165) is 27.4 Å². The van der Waals surface area contributed by atoms with Crippen molar-refractivity contribution in [3.63, 3.8) is 0 Å². The molecule has 1 N–H and O–H groups in total. The molecule has 2 aromatic heterocycles. The number of hydrogen-bond donors (Lipinski definition) is 1. The van der Waals surface area contributed by atoms with Gasteiger partial charge in [0.2, 0.25) is 0 Å². The van der Waals surface area contributed by atoms with Crippen LogP contribution in [-0.2, 0) is 6.54 Å². The molecule has 9 heteroatoms. The molecule has 0 atom stereocenters. The maximum absolute atomic E-state index is 12.8. The molecule has 3 aromatic carbocycles. The van der Waals surface area contributed by atoms with E-state index in [-0.39, 0.29) is 18.2 Å². The molecule has 2 heterocycles. The molecule has 0 unspecified atom stereocenters. The van der Waals surface area contributed by atoms with Crippen LogP contribution in [0.1, 0.15) is 21.6 Å². The van der Waals surface area contributed by atoms with Gasteiger partial charge in [-0.1, -0.05) is 11.6 Å². The summed E-state index contributed by atoms with van der Waals surface area (Å²) >= 11 is 0. The van der Waals surface area contributed by atoms with Crippen LogP contribution in [0.4, 0.5) is 13.2 Å². The van der Waals surface area contributed by atoms with Gasteiger partial charge in [-0.25, -0.2) is 0 Å². The molecule has 0 bridgehead atoms. The van der Waals surface area contributed by atoms with Gasteiger partial charge in [0, 0.05) is 34.4 Å². The second kappa shape index (κ2) is 8.75. The van der Waals surface area contributed by atoms with E-state index in [1.165, 1.54) is 12.1 Å². The van der Waals surface area contributed by atoms with Crippen molar-refractivity contribution in [2.24, 2.45) is 0 Å². The maximum atomic E-state index is 12.8. The van der Waals surface area contributed by atoms with Crippen molar-refractivity contribution in [2.45, 2.75) is 19.8 Å². The van der Waals surface area contributed by atoms with Gasteiger partial charge in [-0.15, -0.1) is 13.2 Å². The van der Waals surface area contributed by atoms with Gasteiger partial charge in [0.1, 0.15) is 5.75 Å². The van der Waals surface area contributed by atoms with Gasteiger partial charge in [-0.3, -0.25) is 14.8 Å². The van der Waals surface area contributed by atoms with Crippen LogP contribution in [0.5, 0.6) is 5.75 Å². The number of carbonyl (C=O) groups excluding carboxylic acids is 1. The molecule has 5 aromatic rings. The summed E-state index contributed by atoms with van der Waals surface area (Å²) in [7, 11) is 0. The highest BCUT2D eigenvalue weighted by atomic mass is 19.4. The molecule has 1 amide bonds. The van der Waals surface area contributed by atoms with E-state index in [2.05, 4.69) is 20.0 Å². The number of hydrogen-bond acceptors (Lipinski definition) is 4. The Bertz CT molecular complexity index is 1530. The number of carbonyl (C=O) groups is 1. The van der Waals surface area contributed by atoms with Crippen molar-refractivity contribution in [1.29, 1.82) is 0 Å².